The predicted octanol–water partition coefficient (Wildman–Crippen LogP) is 5.04. The van der Waals surface area contributed by atoms with E-state index in [1.54, 1.807) is 6.20 Å². The van der Waals surface area contributed by atoms with E-state index in [-0.39, 0.29) is 11.0 Å². The first-order chi connectivity index (χ1) is 13.6. The number of rotatable bonds is 4. The number of Topliss-reactive ketones (excluding diaryl/α,β-unsaturated/α-hetero) is 1. The summed E-state index contributed by atoms with van der Waals surface area (Å²) in [7, 11) is 0. The van der Waals surface area contributed by atoms with Crippen molar-refractivity contribution >= 4 is 45.0 Å². The molecule has 3 heterocycles. The summed E-state index contributed by atoms with van der Waals surface area (Å²) in [6.07, 6.45) is 1.80. The summed E-state index contributed by atoms with van der Waals surface area (Å²) in [5, 5.41) is 11.3. The van der Waals surface area contributed by atoms with Gasteiger partial charge in [-0.25, -0.2) is 0 Å². The van der Waals surface area contributed by atoms with E-state index in [1.807, 2.05) is 53.8 Å². The molecule has 0 fully saturated rings. The summed E-state index contributed by atoms with van der Waals surface area (Å²) >= 11 is 1.44. The molecular weight excluding hydrogens is 368 g/mol. The van der Waals surface area contributed by atoms with Crippen molar-refractivity contribution in [1.82, 2.24) is 19.6 Å². The fourth-order valence-corrected chi connectivity index (χ4v) is 4.59. The number of hydrogen-bond donors (Lipinski definition) is 1. The fraction of sp³-hybridized carbons (Fsp3) is 0.136. The third kappa shape index (κ3) is 2.60. The Labute approximate surface area is 165 Å². The Hall–Kier alpha value is -3.12. The van der Waals surface area contributed by atoms with Crippen LogP contribution in [0.4, 0.5) is 0 Å². The molecule has 5 rings (SSSR count). The summed E-state index contributed by atoms with van der Waals surface area (Å²) < 4.78 is 2.03. The molecule has 1 unspecified atom stereocenters. The summed E-state index contributed by atoms with van der Waals surface area (Å²) in [6, 6.07) is 18.1. The van der Waals surface area contributed by atoms with Crippen LogP contribution in [0.5, 0.6) is 0 Å². The van der Waals surface area contributed by atoms with E-state index in [0.717, 1.165) is 38.2 Å². The maximum Gasteiger partial charge on any atom is 0.196 e. The molecule has 0 bridgehead atoms. The number of hydrogen-bond acceptors (Lipinski definition) is 4. The van der Waals surface area contributed by atoms with Crippen LogP contribution in [-0.2, 0) is 0 Å². The van der Waals surface area contributed by atoms with Gasteiger partial charge in [0.1, 0.15) is 0 Å². The van der Waals surface area contributed by atoms with Crippen LogP contribution in [0, 0.1) is 6.92 Å². The molecule has 28 heavy (non-hydrogen) atoms. The topological polar surface area (TPSA) is 63.0 Å². The van der Waals surface area contributed by atoms with Crippen molar-refractivity contribution in [3.8, 4) is 0 Å². The highest BCUT2D eigenvalue weighted by Gasteiger charge is 2.22. The van der Waals surface area contributed by atoms with E-state index < -0.39 is 0 Å². The first-order valence-electron chi connectivity index (χ1n) is 9.14. The highest BCUT2D eigenvalue weighted by atomic mass is 32.2. The molecule has 5 nitrogen and oxygen atoms in total. The number of aryl methyl sites for hydroxylation is 1. The van der Waals surface area contributed by atoms with E-state index in [9.17, 15) is 4.79 Å². The number of nitrogens with one attached hydrogen (secondary N) is 1. The smallest absolute Gasteiger partial charge is 0.196 e. The number of H-pyrrole nitrogens is 1. The van der Waals surface area contributed by atoms with E-state index in [1.165, 1.54) is 11.8 Å². The molecular formula is C22H18N4OS. The molecule has 0 spiro atoms. The van der Waals surface area contributed by atoms with Crippen LogP contribution < -0.4 is 0 Å². The van der Waals surface area contributed by atoms with Crippen LogP contribution in [0.1, 0.15) is 22.8 Å². The molecule has 138 valence electrons. The van der Waals surface area contributed by atoms with E-state index >= 15 is 0 Å². The minimum atomic E-state index is -0.285. The van der Waals surface area contributed by atoms with Crippen molar-refractivity contribution in [3.63, 3.8) is 0 Å². The molecule has 0 saturated heterocycles. The maximum absolute atomic E-state index is 13.1. The molecule has 0 radical (unpaired) electrons. The Morgan fingerprint density at radius 3 is 2.68 bits per heavy atom. The van der Waals surface area contributed by atoms with Crippen LogP contribution in [-0.4, -0.2) is 30.6 Å². The Morgan fingerprint density at radius 1 is 1.07 bits per heavy atom. The van der Waals surface area contributed by atoms with Gasteiger partial charge in [-0.1, -0.05) is 48.2 Å². The molecule has 0 aliphatic heterocycles. The van der Waals surface area contributed by atoms with E-state index in [2.05, 4.69) is 34.2 Å². The molecule has 0 saturated carbocycles. The van der Waals surface area contributed by atoms with Crippen molar-refractivity contribution in [3.05, 3.63) is 71.9 Å². The van der Waals surface area contributed by atoms with Gasteiger partial charge < -0.3 is 4.98 Å². The normalized spacial score (nSPS) is 12.8. The second-order valence-electron chi connectivity index (χ2n) is 6.89. The maximum atomic E-state index is 13.1. The Bertz CT molecular complexity index is 1350. The molecule has 0 aliphatic carbocycles. The zero-order valence-corrected chi connectivity index (χ0v) is 16.3. The first kappa shape index (κ1) is 17.0. The average molecular weight is 386 g/mol. The quantitative estimate of drug-likeness (QED) is 0.347. The summed E-state index contributed by atoms with van der Waals surface area (Å²) in [4.78, 5) is 16.3. The fourth-order valence-electron chi connectivity index (χ4n) is 3.66. The van der Waals surface area contributed by atoms with Crippen LogP contribution in [0.25, 0.3) is 27.5 Å². The standard InChI is InChI=1S/C22H18N4OS/c1-13-11-20-24-25-22(26(20)19-10-6-4-7-15(13)19)28-14(2)21(27)17-12-23-18-9-5-3-8-16(17)18/h3-12,14,23H,1-2H3. The minimum Gasteiger partial charge on any atom is -0.360 e. The number of benzene rings is 2. The summed E-state index contributed by atoms with van der Waals surface area (Å²) in [6.45, 7) is 4.00. The van der Waals surface area contributed by atoms with Crippen molar-refractivity contribution < 1.29 is 4.79 Å². The van der Waals surface area contributed by atoms with Crippen LogP contribution >= 0.6 is 11.8 Å². The molecule has 1 atom stereocenters. The Kier molecular flexibility index (Phi) is 3.94. The number of aromatic amines is 1. The van der Waals surface area contributed by atoms with Crippen molar-refractivity contribution in [2.75, 3.05) is 0 Å². The molecule has 2 aromatic carbocycles. The SMILES string of the molecule is Cc1cc2nnc(SC(C)C(=O)c3c[nH]c4ccccc34)n2c2ccccc12. The lowest BCUT2D eigenvalue weighted by Crippen LogP contribution is -2.13. The number of aromatic nitrogens is 4. The van der Waals surface area contributed by atoms with Gasteiger partial charge in [-0.2, -0.15) is 0 Å². The third-order valence-corrected chi connectivity index (χ3v) is 6.12. The number of nitrogens with zero attached hydrogens (tertiary/aromatic N) is 3. The zero-order chi connectivity index (χ0) is 19.3. The minimum absolute atomic E-state index is 0.0793. The lowest BCUT2D eigenvalue weighted by atomic mass is 10.1. The highest BCUT2D eigenvalue weighted by molar-refractivity contribution is 8.00. The van der Waals surface area contributed by atoms with Gasteiger partial charge in [0.2, 0.25) is 0 Å². The second-order valence-corrected chi connectivity index (χ2v) is 8.20. The number of carbonyl (C=O) groups excluding carboxylic acids is 1. The average Bonchev–Trinajstić information content (AvgIpc) is 3.32. The van der Waals surface area contributed by atoms with Crippen LogP contribution in [0.15, 0.2) is 66.0 Å². The lowest BCUT2D eigenvalue weighted by Gasteiger charge is -2.10. The number of para-hydroxylation sites is 2. The van der Waals surface area contributed by atoms with Crippen molar-refractivity contribution in [2.24, 2.45) is 0 Å². The zero-order valence-electron chi connectivity index (χ0n) is 15.5. The highest BCUT2D eigenvalue weighted by Crippen LogP contribution is 2.30. The number of ketones is 1. The van der Waals surface area contributed by atoms with Crippen LogP contribution in [0.3, 0.4) is 0 Å². The van der Waals surface area contributed by atoms with E-state index in [0.29, 0.717) is 5.56 Å². The first-order valence-corrected chi connectivity index (χ1v) is 10.0. The monoisotopic (exact) mass is 386 g/mol. The van der Waals surface area contributed by atoms with Gasteiger partial charge in [-0.15, -0.1) is 10.2 Å². The van der Waals surface area contributed by atoms with Gasteiger partial charge >= 0.3 is 0 Å². The number of thioether (sulfide) groups is 1. The molecule has 1 N–H and O–H groups in total. The summed E-state index contributed by atoms with van der Waals surface area (Å²) in [5.74, 6) is 0.0793. The number of carbonyl (C=O) groups is 1. The van der Waals surface area contributed by atoms with Gasteiger partial charge in [-0.05, 0) is 37.6 Å². The third-order valence-electron chi connectivity index (χ3n) is 5.08. The number of pyridine rings is 1. The molecule has 0 amide bonds. The molecule has 6 heteroatoms. The van der Waals surface area contributed by atoms with Gasteiger partial charge in [0.15, 0.2) is 16.6 Å². The number of fused-ring (bicyclic) bond motifs is 4. The lowest BCUT2D eigenvalue weighted by molar-refractivity contribution is 0.0995. The molecule has 0 aliphatic rings. The molecule has 3 aromatic heterocycles. The summed E-state index contributed by atoms with van der Waals surface area (Å²) in [5.41, 5.74) is 4.69. The largest absolute Gasteiger partial charge is 0.360 e. The van der Waals surface area contributed by atoms with Gasteiger partial charge in [-0.3, -0.25) is 9.20 Å². The Balaban J connectivity index is 1.55. The van der Waals surface area contributed by atoms with Crippen molar-refractivity contribution in [1.29, 1.82) is 0 Å². The van der Waals surface area contributed by atoms with Gasteiger partial charge in [0.05, 0.1) is 10.8 Å². The molecule has 5 aromatic rings. The van der Waals surface area contributed by atoms with E-state index in [4.69, 9.17) is 0 Å². The van der Waals surface area contributed by atoms with Crippen molar-refractivity contribution in [2.45, 2.75) is 24.3 Å². The van der Waals surface area contributed by atoms with Gasteiger partial charge in [0, 0.05) is 28.0 Å². The second kappa shape index (κ2) is 6.49. The van der Waals surface area contributed by atoms with Gasteiger partial charge in [0.25, 0.3) is 0 Å². The van der Waals surface area contributed by atoms with Crippen LogP contribution in [0.2, 0.25) is 0 Å². The predicted molar refractivity (Wildman–Crippen MR) is 113 cm³/mol. The Morgan fingerprint density at radius 2 is 1.82 bits per heavy atom.